The molecule has 6 nitrogen and oxygen atoms in total. The van der Waals surface area contributed by atoms with E-state index >= 15 is 0 Å². The first kappa shape index (κ1) is 17.1. The first-order chi connectivity index (χ1) is 12.0. The number of aryl methyl sites for hydroxylation is 2. The maximum Gasteiger partial charge on any atom is 0.252 e. The van der Waals surface area contributed by atoms with Crippen LogP contribution in [-0.4, -0.2) is 25.5 Å². The molecule has 0 fully saturated rings. The molecule has 0 unspecified atom stereocenters. The molecule has 0 aliphatic carbocycles. The molecule has 2 aromatic heterocycles. The average molecular weight is 356 g/mol. The van der Waals surface area contributed by atoms with Crippen molar-refractivity contribution in [2.75, 3.05) is 5.32 Å². The number of allylic oxidation sites excluding steroid dienone is 1. The van der Waals surface area contributed by atoms with E-state index in [-0.39, 0.29) is 12.3 Å². The number of aromatic nitrogens is 4. The van der Waals surface area contributed by atoms with Crippen LogP contribution in [0.1, 0.15) is 22.8 Å². The fourth-order valence-electron chi connectivity index (χ4n) is 2.65. The summed E-state index contributed by atoms with van der Waals surface area (Å²) in [5, 5.41) is 7.84. The molecule has 0 saturated carbocycles. The number of rotatable bonds is 5. The summed E-state index contributed by atoms with van der Waals surface area (Å²) in [5.41, 5.74) is 3.61. The molecule has 3 rings (SSSR count). The molecule has 1 aromatic carbocycles. The third kappa shape index (κ3) is 3.69. The highest BCUT2D eigenvalue weighted by molar-refractivity contribution is 6.30. The Kier molecular flexibility index (Phi) is 4.81. The molecule has 0 radical (unpaired) electrons. The number of nitrogens with one attached hydrogen (secondary N) is 1. The third-order valence-electron chi connectivity index (χ3n) is 3.89. The zero-order valence-electron chi connectivity index (χ0n) is 14.1. The van der Waals surface area contributed by atoms with Gasteiger partial charge in [0, 0.05) is 22.1 Å². The van der Waals surface area contributed by atoms with Gasteiger partial charge in [0.2, 0.25) is 5.91 Å². The van der Waals surface area contributed by atoms with Gasteiger partial charge in [0.25, 0.3) is 5.78 Å². The molecule has 7 heteroatoms. The van der Waals surface area contributed by atoms with Crippen molar-refractivity contribution in [2.24, 2.45) is 0 Å². The van der Waals surface area contributed by atoms with Crippen molar-refractivity contribution in [3.8, 4) is 0 Å². The molecule has 2 heterocycles. The summed E-state index contributed by atoms with van der Waals surface area (Å²) in [4.78, 5) is 21.0. The molecular weight excluding hydrogens is 338 g/mol. The monoisotopic (exact) mass is 355 g/mol. The van der Waals surface area contributed by atoms with Crippen molar-refractivity contribution in [1.82, 2.24) is 19.6 Å². The van der Waals surface area contributed by atoms with Crippen molar-refractivity contribution in [2.45, 2.75) is 26.7 Å². The van der Waals surface area contributed by atoms with Gasteiger partial charge in [-0.3, -0.25) is 4.79 Å². The second-order valence-electron chi connectivity index (χ2n) is 5.73. The van der Waals surface area contributed by atoms with Gasteiger partial charge in [0.15, 0.2) is 5.82 Å². The van der Waals surface area contributed by atoms with E-state index in [4.69, 9.17) is 11.6 Å². The van der Waals surface area contributed by atoms with Gasteiger partial charge >= 0.3 is 0 Å². The highest BCUT2D eigenvalue weighted by atomic mass is 35.5. The lowest BCUT2D eigenvalue weighted by molar-refractivity contribution is -0.115. The van der Waals surface area contributed by atoms with Crippen molar-refractivity contribution in [1.29, 1.82) is 0 Å². The minimum Gasteiger partial charge on any atom is -0.326 e. The fourth-order valence-corrected chi connectivity index (χ4v) is 2.77. The van der Waals surface area contributed by atoms with Crippen LogP contribution >= 0.6 is 11.6 Å². The van der Waals surface area contributed by atoms with Crippen molar-refractivity contribution < 1.29 is 4.79 Å². The Morgan fingerprint density at radius 3 is 2.68 bits per heavy atom. The molecule has 0 aliphatic rings. The summed E-state index contributed by atoms with van der Waals surface area (Å²) < 4.78 is 1.68. The van der Waals surface area contributed by atoms with Gasteiger partial charge in [-0.15, -0.1) is 11.7 Å². The van der Waals surface area contributed by atoms with Gasteiger partial charge < -0.3 is 5.32 Å². The number of nitrogens with zero attached hydrogens (tertiary/aromatic N) is 4. The standard InChI is InChI=1S/C18H18ClN5O/c1-4-5-15-11(2)20-18-22-16(23-24(18)12(15)3)10-17(25)21-14-8-6-13(19)7-9-14/h4,6-9H,1,5,10H2,2-3H3,(H,21,25). The van der Waals surface area contributed by atoms with Crippen LogP contribution < -0.4 is 5.32 Å². The lowest BCUT2D eigenvalue weighted by atomic mass is 10.1. The number of amides is 1. The molecule has 0 spiro atoms. The predicted octanol–water partition coefficient (Wildman–Crippen LogP) is 3.30. The van der Waals surface area contributed by atoms with Crippen LogP contribution in [0.3, 0.4) is 0 Å². The van der Waals surface area contributed by atoms with E-state index in [0.29, 0.717) is 28.7 Å². The number of carbonyl (C=O) groups is 1. The van der Waals surface area contributed by atoms with E-state index in [1.54, 1.807) is 28.8 Å². The molecular formula is C18H18ClN5O. The van der Waals surface area contributed by atoms with Crippen molar-refractivity contribution >= 4 is 29.0 Å². The third-order valence-corrected chi connectivity index (χ3v) is 4.14. The van der Waals surface area contributed by atoms with Gasteiger partial charge in [-0.25, -0.2) is 9.50 Å². The lowest BCUT2D eigenvalue weighted by Gasteiger charge is -2.07. The Morgan fingerprint density at radius 2 is 2.00 bits per heavy atom. The average Bonchev–Trinajstić information content (AvgIpc) is 2.96. The molecule has 25 heavy (non-hydrogen) atoms. The first-order valence-electron chi connectivity index (χ1n) is 7.86. The normalized spacial score (nSPS) is 10.8. The van der Waals surface area contributed by atoms with Crippen molar-refractivity contribution in [3.63, 3.8) is 0 Å². The number of carbonyl (C=O) groups excluding carboxylic acids is 1. The van der Waals surface area contributed by atoms with E-state index in [0.717, 1.165) is 17.0 Å². The number of benzene rings is 1. The topological polar surface area (TPSA) is 72.2 Å². The molecule has 3 aromatic rings. The maximum absolute atomic E-state index is 12.2. The number of halogens is 1. The number of hydrogen-bond acceptors (Lipinski definition) is 4. The second kappa shape index (κ2) is 7.03. The van der Waals surface area contributed by atoms with E-state index in [9.17, 15) is 4.79 Å². The Bertz CT molecular complexity index is 946. The zero-order chi connectivity index (χ0) is 18.0. The summed E-state index contributed by atoms with van der Waals surface area (Å²) in [5.74, 6) is 0.730. The van der Waals surface area contributed by atoms with Crippen LogP contribution in [-0.2, 0) is 17.6 Å². The van der Waals surface area contributed by atoms with E-state index in [1.807, 2.05) is 19.9 Å². The number of anilines is 1. The molecule has 0 aliphatic heterocycles. The van der Waals surface area contributed by atoms with Crippen LogP contribution in [0.25, 0.3) is 5.78 Å². The SMILES string of the molecule is C=CCc1c(C)nc2nc(CC(=O)Nc3ccc(Cl)cc3)nn2c1C. The molecule has 128 valence electrons. The van der Waals surface area contributed by atoms with Gasteiger partial charge in [0.05, 0.1) is 6.42 Å². The zero-order valence-corrected chi connectivity index (χ0v) is 14.8. The lowest BCUT2D eigenvalue weighted by Crippen LogP contribution is -2.15. The van der Waals surface area contributed by atoms with Gasteiger partial charge in [-0.1, -0.05) is 17.7 Å². The maximum atomic E-state index is 12.2. The Labute approximate surface area is 150 Å². The Hall–Kier alpha value is -2.73. The molecule has 0 saturated heterocycles. The summed E-state index contributed by atoms with van der Waals surface area (Å²) in [6, 6.07) is 6.93. The molecule has 0 atom stereocenters. The van der Waals surface area contributed by atoms with Gasteiger partial charge in [0.1, 0.15) is 0 Å². The number of hydrogen-bond donors (Lipinski definition) is 1. The van der Waals surface area contributed by atoms with Gasteiger partial charge in [-0.2, -0.15) is 4.98 Å². The molecule has 1 amide bonds. The van der Waals surface area contributed by atoms with Crippen LogP contribution in [0.4, 0.5) is 5.69 Å². The Morgan fingerprint density at radius 1 is 1.28 bits per heavy atom. The fraction of sp³-hybridized carbons (Fsp3) is 0.222. The predicted molar refractivity (Wildman–Crippen MR) is 97.9 cm³/mol. The van der Waals surface area contributed by atoms with Crippen LogP contribution in [0.2, 0.25) is 5.02 Å². The quantitative estimate of drug-likeness (QED) is 0.713. The summed E-state index contributed by atoms with van der Waals surface area (Å²) in [6.07, 6.45) is 2.62. The number of fused-ring (bicyclic) bond motifs is 1. The largest absolute Gasteiger partial charge is 0.326 e. The minimum atomic E-state index is -0.195. The second-order valence-corrected chi connectivity index (χ2v) is 6.16. The molecule has 0 bridgehead atoms. The van der Waals surface area contributed by atoms with Crippen LogP contribution in [0.5, 0.6) is 0 Å². The van der Waals surface area contributed by atoms with Crippen LogP contribution in [0.15, 0.2) is 36.9 Å². The van der Waals surface area contributed by atoms with E-state index < -0.39 is 0 Å². The molecule has 1 N–H and O–H groups in total. The Balaban J connectivity index is 1.82. The smallest absolute Gasteiger partial charge is 0.252 e. The first-order valence-corrected chi connectivity index (χ1v) is 8.23. The highest BCUT2D eigenvalue weighted by Crippen LogP contribution is 2.16. The minimum absolute atomic E-state index is 0.0707. The summed E-state index contributed by atoms with van der Waals surface area (Å²) >= 11 is 5.84. The summed E-state index contributed by atoms with van der Waals surface area (Å²) in [6.45, 7) is 7.68. The highest BCUT2D eigenvalue weighted by Gasteiger charge is 2.14. The van der Waals surface area contributed by atoms with E-state index in [1.165, 1.54) is 0 Å². The van der Waals surface area contributed by atoms with Crippen LogP contribution in [0, 0.1) is 13.8 Å². The van der Waals surface area contributed by atoms with Gasteiger partial charge in [-0.05, 0) is 50.1 Å². The van der Waals surface area contributed by atoms with Crippen molar-refractivity contribution in [3.05, 3.63) is 64.7 Å². The van der Waals surface area contributed by atoms with E-state index in [2.05, 4.69) is 27.0 Å². The summed E-state index contributed by atoms with van der Waals surface area (Å²) in [7, 11) is 0.